The van der Waals surface area contributed by atoms with E-state index in [-0.39, 0.29) is 0 Å². The lowest BCUT2D eigenvalue weighted by Gasteiger charge is -2.40. The largest absolute Gasteiger partial charge is 0.459 e. The van der Waals surface area contributed by atoms with Crippen LogP contribution in [0.2, 0.25) is 0 Å². The summed E-state index contributed by atoms with van der Waals surface area (Å²) in [5.41, 5.74) is 0. The van der Waals surface area contributed by atoms with Crippen LogP contribution < -0.4 is 0 Å². The van der Waals surface area contributed by atoms with Gasteiger partial charge in [0.2, 0.25) is 6.36 Å². The first-order valence-corrected chi connectivity index (χ1v) is 4.79. The van der Waals surface area contributed by atoms with Crippen LogP contribution in [0.3, 0.4) is 0 Å². The zero-order valence-electron chi connectivity index (χ0n) is 8.95. The first-order valence-electron chi connectivity index (χ1n) is 4.79. The van der Waals surface area contributed by atoms with Gasteiger partial charge in [-0.2, -0.15) is 30.7 Å². The molecule has 1 fully saturated rings. The van der Waals surface area contributed by atoms with Gasteiger partial charge in [0.25, 0.3) is 0 Å². The molecule has 120 valence electrons. The van der Waals surface area contributed by atoms with Gasteiger partial charge in [0, 0.05) is 0 Å². The number of halogens is 11. The van der Waals surface area contributed by atoms with Gasteiger partial charge in [-0.1, -0.05) is 0 Å². The number of ether oxygens (including phenoxy) is 1. The van der Waals surface area contributed by atoms with Crippen molar-refractivity contribution in [3.63, 3.8) is 0 Å². The molecule has 0 aliphatic carbocycles. The van der Waals surface area contributed by atoms with E-state index >= 15 is 0 Å². The van der Waals surface area contributed by atoms with Gasteiger partial charge in [-0.15, -0.1) is 0 Å². The fourth-order valence-corrected chi connectivity index (χ4v) is 1.43. The predicted octanol–water partition coefficient (Wildman–Crippen LogP) is 3.53. The first kappa shape index (κ1) is 17.2. The molecule has 1 nitrogen and oxygen atoms in total. The fraction of sp³-hybridized carbons (Fsp3) is 1.00. The molecule has 0 bridgehead atoms. The van der Waals surface area contributed by atoms with E-state index in [0.717, 1.165) is 0 Å². The highest BCUT2D eigenvalue weighted by Crippen LogP contribution is 2.51. The van der Waals surface area contributed by atoms with Crippen LogP contribution in [0.4, 0.5) is 48.3 Å². The molecule has 0 spiro atoms. The smallest absolute Gasteiger partial charge is 0.333 e. The zero-order valence-corrected chi connectivity index (χ0v) is 8.95. The quantitative estimate of drug-likeness (QED) is 0.706. The van der Waals surface area contributed by atoms with Crippen molar-refractivity contribution >= 4 is 0 Å². The Kier molecular flexibility index (Phi) is 4.21. The van der Waals surface area contributed by atoms with Crippen molar-refractivity contribution in [1.82, 2.24) is 0 Å². The van der Waals surface area contributed by atoms with E-state index in [2.05, 4.69) is 4.74 Å². The molecule has 5 unspecified atom stereocenters. The minimum atomic E-state index is -6.83. The molecule has 1 heterocycles. The molecular weight excluding hydrogens is 321 g/mol. The molecule has 0 saturated carbocycles. The number of hydrogen-bond acceptors (Lipinski definition) is 1. The molecule has 0 aromatic rings. The first-order chi connectivity index (χ1) is 8.75. The lowest BCUT2D eigenvalue weighted by Crippen LogP contribution is -2.65. The Morgan fingerprint density at radius 1 is 0.650 bits per heavy atom. The summed E-state index contributed by atoms with van der Waals surface area (Å²) in [6.07, 6.45) is -25.5. The zero-order chi connectivity index (χ0) is 16.1. The molecule has 12 heteroatoms. The van der Waals surface area contributed by atoms with Gasteiger partial charge < -0.3 is 4.74 Å². The van der Waals surface area contributed by atoms with Crippen LogP contribution in [0.15, 0.2) is 0 Å². The van der Waals surface area contributed by atoms with Gasteiger partial charge in [-0.25, -0.2) is 17.6 Å². The van der Waals surface area contributed by atoms with Crippen LogP contribution in [0.5, 0.6) is 0 Å². The highest BCUT2D eigenvalue weighted by atomic mass is 19.4. The van der Waals surface area contributed by atoms with Gasteiger partial charge in [0.15, 0.2) is 24.6 Å². The van der Waals surface area contributed by atoms with Crippen LogP contribution >= 0.6 is 0 Å². The minimum Gasteiger partial charge on any atom is -0.333 e. The summed E-state index contributed by atoms with van der Waals surface area (Å²) in [6.45, 7) is 0. The third kappa shape index (κ3) is 2.42. The van der Waals surface area contributed by atoms with Gasteiger partial charge in [-0.05, 0) is 0 Å². The van der Waals surface area contributed by atoms with Crippen LogP contribution in [0, 0.1) is 0 Å². The monoisotopic (exact) mass is 326 g/mol. The molecule has 0 aromatic carbocycles. The number of alkyl halides is 11. The summed E-state index contributed by atoms with van der Waals surface area (Å²) in [5.74, 6) is -13.2. The van der Waals surface area contributed by atoms with Crippen LogP contribution in [-0.4, -0.2) is 49.0 Å². The lowest BCUT2D eigenvalue weighted by atomic mass is 9.94. The van der Waals surface area contributed by atoms with Crippen molar-refractivity contribution in [3.8, 4) is 0 Å². The normalized spacial score (nSPS) is 37.0. The van der Waals surface area contributed by atoms with Crippen molar-refractivity contribution in [2.24, 2.45) is 0 Å². The molecule has 20 heavy (non-hydrogen) atoms. The maximum Gasteiger partial charge on any atom is 0.459 e. The van der Waals surface area contributed by atoms with E-state index < -0.39 is 49.0 Å². The second-order valence-electron chi connectivity index (χ2n) is 3.94. The number of rotatable bonds is 2. The Morgan fingerprint density at radius 3 is 1.50 bits per heavy atom. The molecule has 1 aliphatic rings. The van der Waals surface area contributed by atoms with E-state index in [9.17, 15) is 48.3 Å². The molecule has 1 rings (SSSR count). The summed E-state index contributed by atoms with van der Waals surface area (Å²) < 4.78 is 141. The number of hydrogen-bond donors (Lipinski definition) is 0. The summed E-state index contributed by atoms with van der Waals surface area (Å²) >= 11 is 0. The van der Waals surface area contributed by atoms with E-state index in [0.29, 0.717) is 0 Å². The Balaban J connectivity index is 3.15. The maximum atomic E-state index is 13.0. The molecule has 0 aromatic heterocycles. The SMILES string of the molecule is FC1OC(C(F)(F)C(F)(F)C(F)(F)F)C(F)C(F)C1F. The predicted molar refractivity (Wildman–Crippen MR) is 40.4 cm³/mol. The van der Waals surface area contributed by atoms with Crippen LogP contribution in [0.25, 0.3) is 0 Å². The molecule has 0 amide bonds. The molecule has 0 N–H and O–H groups in total. The third-order valence-corrected chi connectivity index (χ3v) is 2.56. The van der Waals surface area contributed by atoms with Gasteiger partial charge in [0.05, 0.1) is 0 Å². The highest BCUT2D eigenvalue weighted by Gasteiger charge is 2.78. The third-order valence-electron chi connectivity index (χ3n) is 2.56. The van der Waals surface area contributed by atoms with E-state index in [1.807, 2.05) is 0 Å². The van der Waals surface area contributed by atoms with Crippen LogP contribution in [-0.2, 0) is 4.74 Å². The van der Waals surface area contributed by atoms with E-state index in [4.69, 9.17) is 0 Å². The van der Waals surface area contributed by atoms with Gasteiger partial charge in [-0.3, -0.25) is 0 Å². The molecular formula is C8H5F11O. The Hall–Kier alpha value is -0.810. The fourth-order valence-electron chi connectivity index (χ4n) is 1.43. The highest BCUT2D eigenvalue weighted by molar-refractivity contribution is 5.04. The van der Waals surface area contributed by atoms with Crippen molar-refractivity contribution < 1.29 is 53.0 Å². The Bertz CT molecular complexity index is 353. The molecule has 1 saturated heterocycles. The second kappa shape index (κ2) is 4.88. The summed E-state index contributed by atoms with van der Waals surface area (Å²) in [7, 11) is 0. The molecule has 1 aliphatic heterocycles. The summed E-state index contributed by atoms with van der Waals surface area (Å²) in [4.78, 5) is 0. The summed E-state index contributed by atoms with van der Waals surface area (Å²) in [5, 5.41) is 0. The topological polar surface area (TPSA) is 9.23 Å². The summed E-state index contributed by atoms with van der Waals surface area (Å²) in [6, 6.07) is 0. The van der Waals surface area contributed by atoms with Gasteiger partial charge >= 0.3 is 18.0 Å². The van der Waals surface area contributed by atoms with E-state index in [1.165, 1.54) is 0 Å². The standard InChI is InChI=1S/C8H5F11O/c9-1-2(10)4(20-5(12)3(1)11)6(13,14)7(15,16)8(17,18)19/h1-5H. The van der Waals surface area contributed by atoms with Crippen molar-refractivity contribution in [3.05, 3.63) is 0 Å². The van der Waals surface area contributed by atoms with Crippen molar-refractivity contribution in [2.75, 3.05) is 0 Å². The molecule has 5 atom stereocenters. The van der Waals surface area contributed by atoms with Crippen LogP contribution in [0.1, 0.15) is 0 Å². The van der Waals surface area contributed by atoms with E-state index in [1.54, 1.807) is 0 Å². The van der Waals surface area contributed by atoms with Crippen molar-refractivity contribution in [1.29, 1.82) is 0 Å². The average Bonchev–Trinajstić information content (AvgIpc) is 2.29. The Labute approximate surface area is 103 Å². The minimum absolute atomic E-state index is 3.14. The van der Waals surface area contributed by atoms with Crippen molar-refractivity contribution in [2.45, 2.75) is 49.0 Å². The maximum absolute atomic E-state index is 13.0. The Morgan fingerprint density at radius 2 is 1.10 bits per heavy atom. The average molecular weight is 326 g/mol. The second-order valence-corrected chi connectivity index (χ2v) is 3.94. The lowest BCUT2D eigenvalue weighted by molar-refractivity contribution is -0.391. The molecule has 0 radical (unpaired) electrons. The van der Waals surface area contributed by atoms with Gasteiger partial charge in [0.1, 0.15) is 0 Å².